The van der Waals surface area contributed by atoms with E-state index in [2.05, 4.69) is 26.3 Å². The fourth-order valence-corrected chi connectivity index (χ4v) is 3.45. The molecule has 0 unspecified atom stereocenters. The van der Waals surface area contributed by atoms with Crippen LogP contribution < -0.4 is 10.6 Å². The van der Waals surface area contributed by atoms with Gasteiger partial charge in [-0.15, -0.1) is 12.4 Å². The number of amides is 1. The average molecular weight is 351 g/mol. The fraction of sp³-hybridized carbons (Fsp3) is 0.556. The van der Waals surface area contributed by atoms with Gasteiger partial charge in [-0.1, -0.05) is 31.4 Å². The standard InChI is InChI=1S/C18H26N4O.ClH/c1-19-13-7-12-17(23)21-18-20-15-10-5-6-11-16(15)22(18)14-8-3-2-4-9-14;/h5-6,10-11,14,19H,2-4,7-9,12-13H2,1H3,(H,20,21,23);1H. The first kappa shape index (κ1) is 18.7. The molecule has 1 aromatic heterocycles. The van der Waals surface area contributed by atoms with Crippen molar-refractivity contribution in [2.75, 3.05) is 18.9 Å². The number of para-hydroxylation sites is 2. The van der Waals surface area contributed by atoms with Gasteiger partial charge in [-0.2, -0.15) is 0 Å². The Morgan fingerprint density at radius 3 is 2.75 bits per heavy atom. The van der Waals surface area contributed by atoms with Gasteiger partial charge in [-0.3, -0.25) is 10.1 Å². The Labute approximate surface area is 149 Å². The molecule has 0 bridgehead atoms. The topological polar surface area (TPSA) is 59.0 Å². The lowest BCUT2D eigenvalue weighted by molar-refractivity contribution is -0.116. The third kappa shape index (κ3) is 4.28. The monoisotopic (exact) mass is 350 g/mol. The molecule has 6 heteroatoms. The summed E-state index contributed by atoms with van der Waals surface area (Å²) in [4.78, 5) is 16.9. The molecule has 0 radical (unpaired) electrons. The lowest BCUT2D eigenvalue weighted by Crippen LogP contribution is -2.20. The molecule has 3 rings (SSSR count). The highest BCUT2D eigenvalue weighted by atomic mass is 35.5. The molecule has 0 spiro atoms. The maximum Gasteiger partial charge on any atom is 0.226 e. The van der Waals surface area contributed by atoms with E-state index in [-0.39, 0.29) is 18.3 Å². The van der Waals surface area contributed by atoms with Gasteiger partial charge in [0.2, 0.25) is 11.9 Å². The maximum atomic E-state index is 12.2. The zero-order valence-electron chi connectivity index (χ0n) is 14.3. The number of nitrogens with one attached hydrogen (secondary N) is 2. The number of hydrogen-bond donors (Lipinski definition) is 2. The third-order valence-corrected chi connectivity index (χ3v) is 4.62. The third-order valence-electron chi connectivity index (χ3n) is 4.62. The molecule has 2 N–H and O–H groups in total. The quantitative estimate of drug-likeness (QED) is 0.777. The van der Waals surface area contributed by atoms with Gasteiger partial charge in [-0.25, -0.2) is 4.98 Å². The summed E-state index contributed by atoms with van der Waals surface area (Å²) in [6, 6.07) is 8.61. The van der Waals surface area contributed by atoms with Crippen LogP contribution in [0.5, 0.6) is 0 Å². The Balaban J connectivity index is 0.00000208. The number of fused-ring (bicyclic) bond motifs is 1. The lowest BCUT2D eigenvalue weighted by Gasteiger charge is -2.25. The van der Waals surface area contributed by atoms with Gasteiger partial charge >= 0.3 is 0 Å². The van der Waals surface area contributed by atoms with Crippen molar-refractivity contribution in [3.8, 4) is 0 Å². The molecule has 0 atom stereocenters. The van der Waals surface area contributed by atoms with E-state index >= 15 is 0 Å². The number of anilines is 1. The van der Waals surface area contributed by atoms with Crippen molar-refractivity contribution < 1.29 is 4.79 Å². The lowest BCUT2D eigenvalue weighted by atomic mass is 9.95. The van der Waals surface area contributed by atoms with Gasteiger partial charge in [0.1, 0.15) is 0 Å². The zero-order valence-corrected chi connectivity index (χ0v) is 15.1. The van der Waals surface area contributed by atoms with E-state index < -0.39 is 0 Å². The molecular weight excluding hydrogens is 324 g/mol. The summed E-state index contributed by atoms with van der Waals surface area (Å²) < 4.78 is 2.25. The van der Waals surface area contributed by atoms with Crippen LogP contribution in [0.1, 0.15) is 51.0 Å². The van der Waals surface area contributed by atoms with Crippen LogP contribution in [-0.2, 0) is 4.79 Å². The number of nitrogens with zero attached hydrogens (tertiary/aromatic N) is 2. The van der Waals surface area contributed by atoms with Crippen LogP contribution in [0, 0.1) is 0 Å². The van der Waals surface area contributed by atoms with Crippen molar-refractivity contribution in [1.82, 2.24) is 14.9 Å². The summed E-state index contributed by atoms with van der Waals surface area (Å²) in [7, 11) is 1.90. The van der Waals surface area contributed by atoms with Gasteiger partial charge in [0.15, 0.2) is 0 Å². The van der Waals surface area contributed by atoms with E-state index in [0.29, 0.717) is 18.4 Å². The van der Waals surface area contributed by atoms with Gasteiger partial charge in [0.05, 0.1) is 11.0 Å². The van der Waals surface area contributed by atoms with Crippen LogP contribution in [-0.4, -0.2) is 29.1 Å². The number of imidazole rings is 1. The Morgan fingerprint density at radius 2 is 2.00 bits per heavy atom. The minimum Gasteiger partial charge on any atom is -0.320 e. The Bertz CT molecular complexity index is 664. The SMILES string of the molecule is CNCCCC(=O)Nc1nc2ccccc2n1C1CCCCC1.Cl. The van der Waals surface area contributed by atoms with Crippen LogP contribution in [0.25, 0.3) is 11.0 Å². The molecule has 1 heterocycles. The number of carbonyl (C=O) groups is 1. The second kappa shape index (κ2) is 9.04. The largest absolute Gasteiger partial charge is 0.320 e. The number of aromatic nitrogens is 2. The van der Waals surface area contributed by atoms with Crippen molar-refractivity contribution in [1.29, 1.82) is 0 Å². The average Bonchev–Trinajstić information content (AvgIpc) is 2.93. The normalized spacial score (nSPS) is 15.2. The molecular formula is C18H27ClN4O. The second-order valence-corrected chi connectivity index (χ2v) is 6.34. The highest BCUT2D eigenvalue weighted by Crippen LogP contribution is 2.34. The predicted octanol–water partition coefficient (Wildman–Crippen LogP) is 3.90. The van der Waals surface area contributed by atoms with Crippen molar-refractivity contribution in [2.45, 2.75) is 51.0 Å². The van der Waals surface area contributed by atoms with Crippen molar-refractivity contribution >= 4 is 35.3 Å². The molecule has 0 aliphatic heterocycles. The number of halogens is 1. The predicted molar refractivity (Wildman–Crippen MR) is 101 cm³/mol. The number of carbonyl (C=O) groups excluding carboxylic acids is 1. The molecule has 5 nitrogen and oxygen atoms in total. The molecule has 1 aliphatic carbocycles. The van der Waals surface area contributed by atoms with E-state index in [0.717, 1.165) is 24.0 Å². The Kier molecular flexibility index (Phi) is 7.06. The van der Waals surface area contributed by atoms with E-state index in [1.165, 1.54) is 32.1 Å². The van der Waals surface area contributed by atoms with Crippen LogP contribution in [0.3, 0.4) is 0 Å². The number of benzene rings is 1. The number of hydrogen-bond acceptors (Lipinski definition) is 3. The molecule has 2 aromatic rings. The van der Waals surface area contributed by atoms with Gasteiger partial charge in [-0.05, 0) is 45.0 Å². The molecule has 1 aliphatic rings. The molecule has 24 heavy (non-hydrogen) atoms. The van der Waals surface area contributed by atoms with E-state index in [9.17, 15) is 4.79 Å². The molecule has 1 saturated carbocycles. The van der Waals surface area contributed by atoms with Crippen molar-refractivity contribution in [3.05, 3.63) is 24.3 Å². The van der Waals surface area contributed by atoms with Crippen LogP contribution >= 0.6 is 12.4 Å². The Hall–Kier alpha value is -1.59. The van der Waals surface area contributed by atoms with Gasteiger partial charge in [0, 0.05) is 12.5 Å². The van der Waals surface area contributed by atoms with Crippen molar-refractivity contribution in [3.63, 3.8) is 0 Å². The maximum absolute atomic E-state index is 12.2. The summed E-state index contributed by atoms with van der Waals surface area (Å²) in [5.41, 5.74) is 2.09. The van der Waals surface area contributed by atoms with Crippen LogP contribution in [0.2, 0.25) is 0 Å². The first-order chi connectivity index (χ1) is 11.3. The van der Waals surface area contributed by atoms with Gasteiger partial charge in [0.25, 0.3) is 0 Å². The molecule has 1 aromatic carbocycles. The van der Waals surface area contributed by atoms with Gasteiger partial charge < -0.3 is 9.88 Å². The van der Waals surface area contributed by atoms with Crippen molar-refractivity contribution in [2.24, 2.45) is 0 Å². The fourth-order valence-electron chi connectivity index (χ4n) is 3.45. The van der Waals surface area contributed by atoms with Crippen LogP contribution in [0.15, 0.2) is 24.3 Å². The van der Waals surface area contributed by atoms with E-state index in [4.69, 9.17) is 0 Å². The smallest absolute Gasteiger partial charge is 0.226 e. The molecule has 132 valence electrons. The summed E-state index contributed by atoms with van der Waals surface area (Å²) in [6.07, 6.45) is 7.53. The highest BCUT2D eigenvalue weighted by Gasteiger charge is 2.22. The molecule has 0 saturated heterocycles. The van der Waals surface area contributed by atoms with E-state index in [1.54, 1.807) is 0 Å². The van der Waals surface area contributed by atoms with Crippen LogP contribution in [0.4, 0.5) is 5.95 Å². The minimum absolute atomic E-state index is 0. The summed E-state index contributed by atoms with van der Waals surface area (Å²) in [5, 5.41) is 6.11. The molecule has 1 fully saturated rings. The Morgan fingerprint density at radius 1 is 1.25 bits per heavy atom. The van der Waals surface area contributed by atoms with E-state index in [1.807, 2.05) is 25.2 Å². The first-order valence-electron chi connectivity index (χ1n) is 8.71. The molecule has 1 amide bonds. The highest BCUT2D eigenvalue weighted by molar-refractivity contribution is 5.91. The second-order valence-electron chi connectivity index (χ2n) is 6.34. The summed E-state index contributed by atoms with van der Waals surface area (Å²) in [6.45, 7) is 0.854. The zero-order chi connectivity index (χ0) is 16.1. The first-order valence-corrected chi connectivity index (χ1v) is 8.71. The summed E-state index contributed by atoms with van der Waals surface area (Å²) in [5.74, 6) is 0.764. The minimum atomic E-state index is 0. The summed E-state index contributed by atoms with van der Waals surface area (Å²) >= 11 is 0. The number of rotatable bonds is 6.